The van der Waals surface area contributed by atoms with E-state index < -0.39 is 0 Å². The largest absolute Gasteiger partial charge is 0.490 e. The Labute approximate surface area is 175 Å². The van der Waals surface area contributed by atoms with E-state index >= 15 is 0 Å². The molecule has 0 atom stereocenters. The Bertz CT molecular complexity index is 952. The van der Waals surface area contributed by atoms with Crippen molar-refractivity contribution >= 4 is 29.0 Å². The molecule has 6 heteroatoms. The number of thioether (sulfide) groups is 1. The Hall–Kier alpha value is -2.73. The van der Waals surface area contributed by atoms with Crippen LogP contribution >= 0.6 is 11.8 Å². The number of hydrogen-bond donors (Lipinski definition) is 0. The molecule has 29 heavy (non-hydrogen) atoms. The summed E-state index contributed by atoms with van der Waals surface area (Å²) >= 11 is 0.962. The smallest absolute Gasteiger partial charge is 0.293 e. The summed E-state index contributed by atoms with van der Waals surface area (Å²) in [5.74, 6) is 1.00. The van der Waals surface area contributed by atoms with Crippen LogP contribution in [0.15, 0.2) is 47.4 Å². The third-order valence-corrected chi connectivity index (χ3v) is 5.30. The number of hydrogen-bond acceptors (Lipinski definition) is 5. The van der Waals surface area contributed by atoms with E-state index in [1.807, 2.05) is 70.2 Å². The first-order chi connectivity index (χ1) is 13.9. The highest BCUT2D eigenvalue weighted by molar-refractivity contribution is 8.18. The van der Waals surface area contributed by atoms with Crippen LogP contribution in [0.2, 0.25) is 0 Å². The van der Waals surface area contributed by atoms with Crippen LogP contribution in [0, 0.1) is 6.92 Å². The highest BCUT2D eigenvalue weighted by Gasteiger charge is 2.35. The van der Waals surface area contributed by atoms with Crippen molar-refractivity contribution in [1.82, 2.24) is 4.90 Å². The number of carbonyl (C=O) groups excluding carboxylic acids is 2. The SMILES string of the molecule is CCOc1cc(/C=C2\SC(=O)N(Cc3ccccc3C)C2=O)ccc1OC(C)C. The van der Waals surface area contributed by atoms with Gasteiger partial charge in [0, 0.05) is 0 Å². The molecule has 1 aliphatic heterocycles. The maximum absolute atomic E-state index is 12.8. The van der Waals surface area contributed by atoms with Crippen LogP contribution < -0.4 is 9.47 Å². The molecule has 0 bridgehead atoms. The number of rotatable bonds is 7. The van der Waals surface area contributed by atoms with Crippen LogP contribution in [0.3, 0.4) is 0 Å². The van der Waals surface area contributed by atoms with Crippen LogP contribution in [0.4, 0.5) is 4.79 Å². The van der Waals surface area contributed by atoms with E-state index in [2.05, 4.69) is 0 Å². The van der Waals surface area contributed by atoms with Gasteiger partial charge in [-0.15, -0.1) is 0 Å². The maximum Gasteiger partial charge on any atom is 0.293 e. The molecule has 0 radical (unpaired) electrons. The molecule has 5 nitrogen and oxygen atoms in total. The van der Waals surface area contributed by atoms with Gasteiger partial charge >= 0.3 is 0 Å². The van der Waals surface area contributed by atoms with Gasteiger partial charge in [0.1, 0.15) is 0 Å². The molecule has 1 aliphatic rings. The van der Waals surface area contributed by atoms with Gasteiger partial charge < -0.3 is 9.47 Å². The number of carbonyl (C=O) groups is 2. The van der Waals surface area contributed by atoms with Crippen molar-refractivity contribution in [2.24, 2.45) is 0 Å². The lowest BCUT2D eigenvalue weighted by atomic mass is 10.1. The van der Waals surface area contributed by atoms with E-state index in [9.17, 15) is 9.59 Å². The minimum atomic E-state index is -0.274. The van der Waals surface area contributed by atoms with E-state index in [-0.39, 0.29) is 23.8 Å². The molecule has 0 N–H and O–H groups in total. The first kappa shape index (κ1) is 21.0. The lowest BCUT2D eigenvalue weighted by Crippen LogP contribution is -2.27. The molecule has 0 saturated carbocycles. The Morgan fingerprint density at radius 1 is 1.10 bits per heavy atom. The van der Waals surface area contributed by atoms with Crippen molar-refractivity contribution in [3.05, 3.63) is 64.1 Å². The summed E-state index contributed by atoms with van der Waals surface area (Å²) in [6.07, 6.45) is 1.75. The fraction of sp³-hybridized carbons (Fsp3) is 0.304. The summed E-state index contributed by atoms with van der Waals surface area (Å²) < 4.78 is 11.5. The Balaban J connectivity index is 1.83. The van der Waals surface area contributed by atoms with Gasteiger partial charge in [0.05, 0.1) is 24.2 Å². The molecule has 2 aromatic rings. The average molecular weight is 412 g/mol. The molecule has 2 amide bonds. The van der Waals surface area contributed by atoms with Crippen LogP contribution in [0.1, 0.15) is 37.5 Å². The molecular weight excluding hydrogens is 386 g/mol. The number of ether oxygens (including phenoxy) is 2. The third kappa shape index (κ3) is 5.01. The van der Waals surface area contributed by atoms with Crippen molar-refractivity contribution in [2.45, 2.75) is 40.3 Å². The normalized spacial score (nSPS) is 15.5. The zero-order valence-electron chi connectivity index (χ0n) is 17.1. The quantitative estimate of drug-likeness (QED) is 0.570. The van der Waals surface area contributed by atoms with Crippen molar-refractivity contribution in [2.75, 3.05) is 6.61 Å². The molecule has 1 fully saturated rings. The summed E-state index contributed by atoms with van der Waals surface area (Å²) in [6.45, 7) is 8.57. The van der Waals surface area contributed by atoms with Gasteiger partial charge in [-0.05, 0) is 74.4 Å². The molecule has 152 valence electrons. The predicted molar refractivity (Wildman–Crippen MR) is 116 cm³/mol. The second kappa shape index (κ2) is 9.18. The zero-order valence-corrected chi connectivity index (χ0v) is 17.9. The van der Waals surface area contributed by atoms with Gasteiger partial charge in [-0.2, -0.15) is 0 Å². The van der Waals surface area contributed by atoms with E-state index in [0.717, 1.165) is 28.5 Å². The predicted octanol–water partition coefficient (Wildman–Crippen LogP) is 5.42. The molecule has 0 unspecified atom stereocenters. The second-order valence-corrected chi connectivity index (χ2v) is 7.99. The van der Waals surface area contributed by atoms with E-state index in [1.165, 1.54) is 4.90 Å². The Morgan fingerprint density at radius 2 is 1.86 bits per heavy atom. The van der Waals surface area contributed by atoms with Crippen molar-refractivity contribution in [3.63, 3.8) is 0 Å². The van der Waals surface area contributed by atoms with Crippen LogP contribution in [0.5, 0.6) is 11.5 Å². The number of nitrogens with zero attached hydrogens (tertiary/aromatic N) is 1. The highest BCUT2D eigenvalue weighted by Crippen LogP contribution is 2.35. The molecular formula is C23H25NO4S. The summed E-state index contributed by atoms with van der Waals surface area (Å²) in [4.78, 5) is 26.9. The monoisotopic (exact) mass is 411 g/mol. The van der Waals surface area contributed by atoms with Crippen molar-refractivity contribution in [1.29, 1.82) is 0 Å². The molecule has 1 saturated heterocycles. The fourth-order valence-electron chi connectivity index (χ4n) is 2.98. The first-order valence-corrected chi connectivity index (χ1v) is 10.4. The summed E-state index contributed by atoms with van der Waals surface area (Å²) in [7, 11) is 0. The summed E-state index contributed by atoms with van der Waals surface area (Å²) in [5.41, 5.74) is 2.80. The molecule has 0 aromatic heterocycles. The van der Waals surface area contributed by atoms with E-state index in [0.29, 0.717) is 23.0 Å². The van der Waals surface area contributed by atoms with E-state index in [1.54, 1.807) is 6.08 Å². The lowest BCUT2D eigenvalue weighted by molar-refractivity contribution is -0.123. The van der Waals surface area contributed by atoms with Gasteiger partial charge in [-0.1, -0.05) is 30.3 Å². The molecule has 0 aliphatic carbocycles. The Morgan fingerprint density at radius 3 is 2.55 bits per heavy atom. The van der Waals surface area contributed by atoms with Gasteiger partial charge in [0.15, 0.2) is 11.5 Å². The lowest BCUT2D eigenvalue weighted by Gasteiger charge is -2.15. The van der Waals surface area contributed by atoms with Crippen molar-refractivity contribution < 1.29 is 19.1 Å². The summed E-state index contributed by atoms with van der Waals surface area (Å²) in [6, 6.07) is 13.3. The minimum Gasteiger partial charge on any atom is -0.490 e. The fourth-order valence-corrected chi connectivity index (χ4v) is 3.82. The molecule has 1 heterocycles. The first-order valence-electron chi connectivity index (χ1n) is 9.62. The maximum atomic E-state index is 12.8. The Kier molecular flexibility index (Phi) is 6.64. The van der Waals surface area contributed by atoms with Gasteiger partial charge in [-0.3, -0.25) is 14.5 Å². The van der Waals surface area contributed by atoms with Crippen LogP contribution in [-0.2, 0) is 11.3 Å². The number of amides is 2. The van der Waals surface area contributed by atoms with Crippen molar-refractivity contribution in [3.8, 4) is 11.5 Å². The number of aryl methyl sites for hydroxylation is 1. The molecule has 3 rings (SSSR count). The topological polar surface area (TPSA) is 55.8 Å². The summed E-state index contributed by atoms with van der Waals surface area (Å²) in [5, 5.41) is -0.255. The van der Waals surface area contributed by atoms with E-state index in [4.69, 9.17) is 9.47 Å². The standard InChI is InChI=1S/C23H25NO4S/c1-5-27-20-12-17(10-11-19(20)28-15(2)3)13-21-22(25)24(23(26)29-21)14-18-9-7-6-8-16(18)4/h6-13,15H,5,14H2,1-4H3/b21-13-. The van der Waals surface area contributed by atoms with Crippen LogP contribution in [0.25, 0.3) is 6.08 Å². The number of benzene rings is 2. The average Bonchev–Trinajstić information content (AvgIpc) is 2.93. The zero-order chi connectivity index (χ0) is 21.0. The highest BCUT2D eigenvalue weighted by atomic mass is 32.2. The van der Waals surface area contributed by atoms with Gasteiger partial charge in [0.2, 0.25) is 0 Å². The number of imide groups is 1. The van der Waals surface area contributed by atoms with Gasteiger partial charge in [0.25, 0.3) is 11.1 Å². The minimum absolute atomic E-state index is 0.0259. The molecule has 2 aromatic carbocycles. The van der Waals surface area contributed by atoms with Crippen LogP contribution in [-0.4, -0.2) is 28.8 Å². The second-order valence-electron chi connectivity index (χ2n) is 7.00. The molecule has 0 spiro atoms. The van der Waals surface area contributed by atoms with Gasteiger partial charge in [-0.25, -0.2) is 0 Å². The third-order valence-electron chi connectivity index (χ3n) is 4.39.